The standard InChI is InChI=1S/C27H38N4O5S/c1-20-29-22(19-37-20)16-25(34)31-12-3-2-7-27(26(35)36-18-24(33)23(32)6-13-31)8-14-30(15-9-27)17-21-4-10-28-11-5-21/h4-5,10-11,19,23-24,32-33H,2-3,6-9,12-18H2,1H3/t23-,24+/m0/s1. The number of nitrogens with zero attached hydrogens (tertiary/aromatic N) is 4. The Kier molecular flexibility index (Phi) is 9.64. The van der Waals surface area contributed by atoms with E-state index in [1.54, 1.807) is 17.3 Å². The van der Waals surface area contributed by atoms with Crippen molar-refractivity contribution in [3.8, 4) is 0 Å². The van der Waals surface area contributed by atoms with Gasteiger partial charge < -0.3 is 19.8 Å². The van der Waals surface area contributed by atoms with Crippen LogP contribution >= 0.6 is 11.3 Å². The summed E-state index contributed by atoms with van der Waals surface area (Å²) in [6.45, 7) is 4.93. The minimum Gasteiger partial charge on any atom is -0.462 e. The molecule has 2 aromatic heterocycles. The number of esters is 1. The number of carbonyl (C=O) groups excluding carboxylic acids is 2. The molecule has 9 nitrogen and oxygen atoms in total. The zero-order valence-corrected chi connectivity index (χ0v) is 22.4. The third kappa shape index (κ3) is 7.56. The number of hydrogen-bond acceptors (Lipinski definition) is 9. The van der Waals surface area contributed by atoms with E-state index in [4.69, 9.17) is 4.74 Å². The largest absolute Gasteiger partial charge is 0.462 e. The van der Waals surface area contributed by atoms with E-state index in [0.29, 0.717) is 32.4 Å². The summed E-state index contributed by atoms with van der Waals surface area (Å²) in [6, 6.07) is 4.01. The van der Waals surface area contributed by atoms with Crippen molar-refractivity contribution in [1.82, 2.24) is 19.8 Å². The Morgan fingerprint density at radius 2 is 1.86 bits per heavy atom. The molecule has 0 radical (unpaired) electrons. The molecule has 0 aliphatic carbocycles. The van der Waals surface area contributed by atoms with Gasteiger partial charge >= 0.3 is 5.97 Å². The van der Waals surface area contributed by atoms with Crippen LogP contribution < -0.4 is 0 Å². The fraction of sp³-hybridized carbons (Fsp3) is 0.630. The number of piperidine rings is 1. The Hall–Kier alpha value is -2.40. The zero-order chi connectivity index (χ0) is 26.3. The number of amides is 1. The third-order valence-corrected chi connectivity index (χ3v) is 8.43. The van der Waals surface area contributed by atoms with Crippen molar-refractivity contribution in [1.29, 1.82) is 0 Å². The minimum absolute atomic E-state index is 0.0340. The van der Waals surface area contributed by atoms with E-state index in [2.05, 4.69) is 14.9 Å². The van der Waals surface area contributed by atoms with E-state index >= 15 is 0 Å². The Balaban J connectivity index is 1.40. The van der Waals surface area contributed by atoms with Crippen LogP contribution in [0.25, 0.3) is 0 Å². The van der Waals surface area contributed by atoms with Gasteiger partial charge in [-0.25, -0.2) is 4.98 Å². The number of cyclic esters (lactones) is 1. The lowest BCUT2D eigenvalue weighted by Crippen LogP contribution is -2.45. The van der Waals surface area contributed by atoms with Gasteiger partial charge in [-0.15, -0.1) is 11.3 Å². The first-order valence-corrected chi connectivity index (χ1v) is 14.1. The maximum Gasteiger partial charge on any atom is 0.312 e. The van der Waals surface area contributed by atoms with E-state index in [1.807, 2.05) is 24.4 Å². The molecule has 0 bridgehead atoms. The Morgan fingerprint density at radius 1 is 1.11 bits per heavy atom. The number of thiazole rings is 1. The number of aliphatic hydroxyl groups is 2. The number of hydrogen-bond donors (Lipinski definition) is 2. The predicted octanol–water partition coefficient (Wildman–Crippen LogP) is 2.34. The summed E-state index contributed by atoms with van der Waals surface area (Å²) >= 11 is 1.52. The highest BCUT2D eigenvalue weighted by Crippen LogP contribution is 2.38. The first-order valence-electron chi connectivity index (χ1n) is 13.2. The van der Waals surface area contributed by atoms with Gasteiger partial charge in [0, 0.05) is 37.4 Å². The van der Waals surface area contributed by atoms with Crippen LogP contribution in [0.2, 0.25) is 0 Å². The maximum atomic E-state index is 13.3. The molecule has 0 saturated carbocycles. The number of aliphatic hydroxyl groups excluding tert-OH is 2. The quantitative estimate of drug-likeness (QED) is 0.579. The molecule has 1 amide bonds. The van der Waals surface area contributed by atoms with Crippen molar-refractivity contribution in [2.45, 2.75) is 70.6 Å². The Bertz CT molecular complexity index is 1020. The third-order valence-electron chi connectivity index (χ3n) is 7.61. The summed E-state index contributed by atoms with van der Waals surface area (Å²) in [7, 11) is 0. The molecule has 2 fully saturated rings. The minimum atomic E-state index is -1.19. The van der Waals surface area contributed by atoms with E-state index in [9.17, 15) is 19.8 Å². The normalized spacial score (nSPS) is 24.1. The van der Waals surface area contributed by atoms with Crippen molar-refractivity contribution < 1.29 is 24.5 Å². The fourth-order valence-electron chi connectivity index (χ4n) is 5.23. The molecule has 4 heterocycles. The van der Waals surface area contributed by atoms with Gasteiger partial charge in [0.25, 0.3) is 0 Å². The highest BCUT2D eigenvalue weighted by Gasteiger charge is 2.42. The summed E-state index contributed by atoms with van der Waals surface area (Å²) in [5.74, 6) is -0.318. The second-order valence-electron chi connectivity index (χ2n) is 10.3. The summed E-state index contributed by atoms with van der Waals surface area (Å²) in [5.41, 5.74) is 1.34. The number of rotatable bonds is 4. The molecule has 2 aliphatic rings. The SMILES string of the molecule is Cc1nc(CC(=O)N2CCCCC3(CCN(Cc4ccncc4)CC3)C(=O)OC[C@@H](O)[C@@H](O)CC2)cs1. The van der Waals surface area contributed by atoms with Gasteiger partial charge in [-0.1, -0.05) is 6.42 Å². The average molecular weight is 531 g/mol. The van der Waals surface area contributed by atoms with Gasteiger partial charge in [0.1, 0.15) is 12.7 Å². The zero-order valence-electron chi connectivity index (χ0n) is 21.6. The number of likely N-dealkylation sites (tertiary alicyclic amines) is 1. The molecule has 202 valence electrons. The van der Waals surface area contributed by atoms with Gasteiger partial charge in [0.2, 0.25) is 5.91 Å². The highest BCUT2D eigenvalue weighted by molar-refractivity contribution is 7.09. The van der Waals surface area contributed by atoms with Crippen LogP contribution in [-0.4, -0.2) is 86.9 Å². The van der Waals surface area contributed by atoms with Crippen LogP contribution in [0.4, 0.5) is 0 Å². The van der Waals surface area contributed by atoms with Gasteiger partial charge in [-0.3, -0.25) is 19.5 Å². The smallest absolute Gasteiger partial charge is 0.312 e. The monoisotopic (exact) mass is 530 g/mol. The Labute approximate surface area is 222 Å². The molecule has 2 aliphatic heterocycles. The van der Waals surface area contributed by atoms with Gasteiger partial charge in [-0.05, 0) is 69.8 Å². The van der Waals surface area contributed by atoms with Crippen LogP contribution in [0, 0.1) is 12.3 Å². The van der Waals surface area contributed by atoms with Crippen molar-refractivity contribution in [3.05, 3.63) is 46.2 Å². The first kappa shape index (κ1) is 27.6. The molecule has 4 rings (SSSR count). The second kappa shape index (κ2) is 12.9. The molecular formula is C27H38N4O5S. The molecule has 2 aromatic rings. The Morgan fingerprint density at radius 3 is 2.57 bits per heavy atom. The van der Waals surface area contributed by atoms with Gasteiger partial charge in [0.05, 0.1) is 28.6 Å². The molecule has 2 N–H and O–H groups in total. The number of aromatic nitrogens is 2. The lowest BCUT2D eigenvalue weighted by atomic mass is 9.74. The summed E-state index contributed by atoms with van der Waals surface area (Å²) in [5, 5.41) is 23.8. The summed E-state index contributed by atoms with van der Waals surface area (Å²) in [4.78, 5) is 38.9. The van der Waals surface area contributed by atoms with Crippen molar-refractivity contribution in [2.24, 2.45) is 5.41 Å². The summed E-state index contributed by atoms with van der Waals surface area (Å²) < 4.78 is 5.58. The van der Waals surface area contributed by atoms with Crippen molar-refractivity contribution >= 4 is 23.2 Å². The maximum absolute atomic E-state index is 13.3. The number of aryl methyl sites for hydroxylation is 1. The fourth-order valence-corrected chi connectivity index (χ4v) is 5.84. The van der Waals surface area contributed by atoms with E-state index in [0.717, 1.165) is 43.2 Å². The molecule has 10 heteroatoms. The van der Waals surface area contributed by atoms with Gasteiger partial charge in [0.15, 0.2) is 0 Å². The van der Waals surface area contributed by atoms with E-state index in [1.165, 1.54) is 16.9 Å². The van der Waals surface area contributed by atoms with Crippen LogP contribution in [0.1, 0.15) is 54.8 Å². The van der Waals surface area contributed by atoms with Gasteiger partial charge in [-0.2, -0.15) is 0 Å². The number of carbonyl (C=O) groups is 2. The predicted molar refractivity (Wildman–Crippen MR) is 140 cm³/mol. The first-order chi connectivity index (χ1) is 17.8. The van der Waals surface area contributed by atoms with Crippen LogP contribution in [-0.2, 0) is 27.3 Å². The van der Waals surface area contributed by atoms with Crippen molar-refractivity contribution in [2.75, 3.05) is 32.8 Å². The average Bonchev–Trinajstić information content (AvgIpc) is 3.31. The highest BCUT2D eigenvalue weighted by atomic mass is 32.1. The molecule has 1 spiro atoms. The van der Waals surface area contributed by atoms with Crippen LogP contribution in [0.3, 0.4) is 0 Å². The van der Waals surface area contributed by atoms with Crippen LogP contribution in [0.15, 0.2) is 29.9 Å². The lowest BCUT2D eigenvalue weighted by Gasteiger charge is -2.40. The molecular weight excluding hydrogens is 492 g/mol. The molecule has 0 unspecified atom stereocenters. The van der Waals surface area contributed by atoms with Crippen LogP contribution in [0.5, 0.6) is 0 Å². The molecule has 2 saturated heterocycles. The lowest BCUT2D eigenvalue weighted by molar-refractivity contribution is -0.165. The number of pyridine rings is 1. The molecule has 0 aromatic carbocycles. The van der Waals surface area contributed by atoms with E-state index < -0.39 is 17.6 Å². The second-order valence-corrected chi connectivity index (χ2v) is 11.4. The van der Waals surface area contributed by atoms with Crippen molar-refractivity contribution in [3.63, 3.8) is 0 Å². The van der Waals surface area contributed by atoms with E-state index in [-0.39, 0.29) is 31.3 Å². The molecule has 37 heavy (non-hydrogen) atoms. The summed E-state index contributed by atoms with van der Waals surface area (Å²) in [6.07, 6.45) is 5.36. The number of ether oxygens (including phenoxy) is 1. The molecule has 2 atom stereocenters. The topological polar surface area (TPSA) is 116 Å².